The summed E-state index contributed by atoms with van der Waals surface area (Å²) >= 11 is 0. The fourth-order valence-electron chi connectivity index (χ4n) is 7.72. The number of hydrogen-bond acceptors (Lipinski definition) is 2. The predicted molar refractivity (Wildman–Crippen MR) is 132 cm³/mol. The Labute approximate surface area is 192 Å². The minimum atomic E-state index is 0.467. The van der Waals surface area contributed by atoms with Crippen LogP contribution in [0.3, 0.4) is 0 Å². The lowest BCUT2D eigenvalue weighted by molar-refractivity contribution is 0.178. The van der Waals surface area contributed by atoms with Gasteiger partial charge in [0, 0.05) is 29.3 Å². The first-order chi connectivity index (χ1) is 15.9. The van der Waals surface area contributed by atoms with Crippen LogP contribution in [0.1, 0.15) is 51.4 Å². The summed E-state index contributed by atoms with van der Waals surface area (Å²) in [4.78, 5) is 5.65. The molecule has 5 aliphatic carbocycles. The first kappa shape index (κ1) is 19.0. The summed E-state index contributed by atoms with van der Waals surface area (Å²) in [7, 11) is 0. The van der Waals surface area contributed by atoms with Crippen molar-refractivity contribution >= 4 is 0 Å². The Morgan fingerprint density at radius 3 is 2.53 bits per heavy atom. The summed E-state index contributed by atoms with van der Waals surface area (Å²) in [5.74, 6) is 1.05. The zero-order valence-electron chi connectivity index (χ0n) is 18.9. The van der Waals surface area contributed by atoms with Crippen molar-refractivity contribution in [3.63, 3.8) is 0 Å². The van der Waals surface area contributed by atoms with Gasteiger partial charge in [0.1, 0.15) is 0 Å². The number of allylic oxidation sites excluding steroid dienone is 9. The van der Waals surface area contributed by atoms with Crippen molar-refractivity contribution in [2.45, 2.75) is 75.5 Å². The standard InChI is InChI=1S/C30H34N2/c1-3-11-21(12-4-1)31-25-17-9-7-15-23(25)29-27(31)19-20-28-30(29)24-16-8-10-18-26(24)32(28)22-13-5-2-6-14-22/h1,3,7-11,15-16,18-20,22,24-27,29H,2,4-6,12-14,17H2. The first-order valence-corrected chi connectivity index (χ1v) is 13.0. The van der Waals surface area contributed by atoms with Crippen LogP contribution >= 0.6 is 0 Å². The summed E-state index contributed by atoms with van der Waals surface area (Å²) in [5.41, 5.74) is 6.49. The van der Waals surface area contributed by atoms with Gasteiger partial charge in [-0.2, -0.15) is 0 Å². The molecule has 2 heterocycles. The summed E-state index contributed by atoms with van der Waals surface area (Å²) in [6.45, 7) is 0. The maximum absolute atomic E-state index is 2.85. The van der Waals surface area contributed by atoms with Crippen LogP contribution in [-0.4, -0.2) is 34.0 Å². The molecule has 5 atom stereocenters. The molecular formula is C30H34N2. The van der Waals surface area contributed by atoms with Crippen LogP contribution in [0.5, 0.6) is 0 Å². The fourth-order valence-corrected chi connectivity index (χ4v) is 7.72. The maximum Gasteiger partial charge on any atom is 0.0585 e. The third-order valence-corrected chi connectivity index (χ3v) is 8.96. The van der Waals surface area contributed by atoms with Gasteiger partial charge in [-0.25, -0.2) is 0 Å². The van der Waals surface area contributed by atoms with E-state index >= 15 is 0 Å². The lowest BCUT2D eigenvalue weighted by Gasteiger charge is -2.39. The molecule has 2 fully saturated rings. The summed E-state index contributed by atoms with van der Waals surface area (Å²) in [6.07, 6.45) is 39.3. The second kappa shape index (κ2) is 7.54. The Hall–Kier alpha value is -2.48. The zero-order chi connectivity index (χ0) is 21.1. The van der Waals surface area contributed by atoms with Crippen LogP contribution in [0.25, 0.3) is 0 Å². The van der Waals surface area contributed by atoms with Crippen molar-refractivity contribution in [2.24, 2.45) is 11.8 Å². The molecule has 0 amide bonds. The SMILES string of the molecule is C1=CCCC(N2C3CC=CC=C3C3C4=C(C=CC32)N(C2CCCCC2)C2C=CC=CC42)=C1. The highest BCUT2D eigenvalue weighted by atomic mass is 15.3. The molecule has 2 aliphatic heterocycles. The number of hydrogen-bond donors (Lipinski definition) is 0. The van der Waals surface area contributed by atoms with Gasteiger partial charge in [0.15, 0.2) is 0 Å². The third-order valence-electron chi connectivity index (χ3n) is 8.96. The Morgan fingerprint density at radius 1 is 0.781 bits per heavy atom. The van der Waals surface area contributed by atoms with E-state index in [9.17, 15) is 0 Å². The Bertz CT molecular complexity index is 1040. The van der Waals surface area contributed by atoms with Crippen molar-refractivity contribution in [1.29, 1.82) is 0 Å². The Balaban J connectivity index is 1.34. The van der Waals surface area contributed by atoms with Crippen LogP contribution < -0.4 is 0 Å². The summed E-state index contributed by atoms with van der Waals surface area (Å²) in [6, 6.07) is 2.21. The van der Waals surface area contributed by atoms with Gasteiger partial charge in [0.25, 0.3) is 0 Å². The second-order valence-corrected chi connectivity index (χ2v) is 10.5. The molecule has 0 radical (unpaired) electrons. The van der Waals surface area contributed by atoms with E-state index in [-0.39, 0.29) is 0 Å². The van der Waals surface area contributed by atoms with Gasteiger partial charge in [-0.15, -0.1) is 0 Å². The molecule has 0 aromatic carbocycles. The number of rotatable bonds is 2. The van der Waals surface area contributed by atoms with E-state index in [4.69, 9.17) is 0 Å². The van der Waals surface area contributed by atoms with Crippen LogP contribution in [0.2, 0.25) is 0 Å². The van der Waals surface area contributed by atoms with Gasteiger partial charge in [0.2, 0.25) is 0 Å². The second-order valence-electron chi connectivity index (χ2n) is 10.5. The van der Waals surface area contributed by atoms with E-state index < -0.39 is 0 Å². The minimum absolute atomic E-state index is 0.467. The van der Waals surface area contributed by atoms with Crippen LogP contribution in [-0.2, 0) is 0 Å². The monoisotopic (exact) mass is 422 g/mol. The van der Waals surface area contributed by atoms with E-state index in [0.29, 0.717) is 36.0 Å². The maximum atomic E-state index is 2.85. The Kier molecular flexibility index (Phi) is 4.48. The number of nitrogens with zero attached hydrogens (tertiary/aromatic N) is 2. The molecule has 7 aliphatic rings. The minimum Gasteiger partial charge on any atom is -0.361 e. The van der Waals surface area contributed by atoms with E-state index in [2.05, 4.69) is 82.7 Å². The van der Waals surface area contributed by atoms with Crippen LogP contribution in [0.4, 0.5) is 0 Å². The average Bonchev–Trinajstić information content (AvgIpc) is 3.38. The highest BCUT2D eigenvalue weighted by Gasteiger charge is 2.53. The molecular weight excluding hydrogens is 388 g/mol. The van der Waals surface area contributed by atoms with Gasteiger partial charge >= 0.3 is 0 Å². The van der Waals surface area contributed by atoms with Gasteiger partial charge in [0.05, 0.1) is 18.1 Å². The zero-order valence-corrected chi connectivity index (χ0v) is 18.9. The Morgan fingerprint density at radius 2 is 1.66 bits per heavy atom. The highest BCUT2D eigenvalue weighted by molar-refractivity contribution is 5.54. The van der Waals surface area contributed by atoms with Crippen molar-refractivity contribution < 1.29 is 0 Å². The van der Waals surface area contributed by atoms with E-state index in [0.717, 1.165) is 6.42 Å². The quantitative estimate of drug-likeness (QED) is 0.511. The molecule has 1 saturated heterocycles. The smallest absolute Gasteiger partial charge is 0.0585 e. The normalized spacial score (nSPS) is 37.3. The molecule has 2 heteroatoms. The molecule has 0 bridgehead atoms. The van der Waals surface area contributed by atoms with Crippen molar-refractivity contribution in [3.8, 4) is 0 Å². The first-order valence-electron chi connectivity index (χ1n) is 13.0. The molecule has 0 aromatic heterocycles. The molecule has 32 heavy (non-hydrogen) atoms. The van der Waals surface area contributed by atoms with Gasteiger partial charge in [-0.05, 0) is 55.4 Å². The molecule has 0 spiro atoms. The molecule has 164 valence electrons. The topological polar surface area (TPSA) is 6.48 Å². The summed E-state index contributed by atoms with van der Waals surface area (Å²) < 4.78 is 0. The van der Waals surface area contributed by atoms with Crippen molar-refractivity contribution in [3.05, 3.63) is 95.5 Å². The molecule has 1 saturated carbocycles. The summed E-state index contributed by atoms with van der Waals surface area (Å²) in [5, 5.41) is 0. The fraction of sp³-hybridized carbons (Fsp3) is 0.467. The van der Waals surface area contributed by atoms with Gasteiger partial charge in [-0.3, -0.25) is 0 Å². The van der Waals surface area contributed by atoms with Crippen LogP contribution in [0.15, 0.2) is 95.5 Å². The number of likely N-dealkylation sites (tertiary alicyclic amines) is 1. The molecule has 0 aromatic rings. The largest absolute Gasteiger partial charge is 0.361 e. The van der Waals surface area contributed by atoms with E-state index in [1.807, 2.05) is 0 Å². The average molecular weight is 423 g/mol. The molecule has 5 unspecified atom stereocenters. The highest BCUT2D eigenvalue weighted by Crippen LogP contribution is 2.55. The number of fused-ring (bicyclic) bond motifs is 6. The lowest BCUT2D eigenvalue weighted by atomic mass is 9.74. The van der Waals surface area contributed by atoms with Crippen molar-refractivity contribution in [2.75, 3.05) is 0 Å². The molecule has 0 N–H and O–H groups in total. The molecule has 7 rings (SSSR count). The van der Waals surface area contributed by atoms with Crippen molar-refractivity contribution in [1.82, 2.24) is 9.80 Å². The van der Waals surface area contributed by atoms with E-state index in [1.165, 1.54) is 50.6 Å². The van der Waals surface area contributed by atoms with Gasteiger partial charge < -0.3 is 9.80 Å². The van der Waals surface area contributed by atoms with Crippen LogP contribution in [0, 0.1) is 11.8 Å². The lowest BCUT2D eigenvalue weighted by Crippen LogP contribution is -2.41. The third kappa shape index (κ3) is 2.71. The van der Waals surface area contributed by atoms with E-state index in [1.54, 1.807) is 16.8 Å². The van der Waals surface area contributed by atoms with Gasteiger partial charge in [-0.1, -0.05) is 80.0 Å². The predicted octanol–water partition coefficient (Wildman–Crippen LogP) is 6.36. The molecule has 2 nitrogen and oxygen atoms in total.